The van der Waals surface area contributed by atoms with E-state index in [1.807, 2.05) is 6.92 Å². The third kappa shape index (κ3) is 4.57. The molecule has 0 radical (unpaired) electrons. The van der Waals surface area contributed by atoms with Crippen molar-refractivity contribution in [1.82, 2.24) is 14.8 Å². The Labute approximate surface area is 174 Å². The Morgan fingerprint density at radius 3 is 2.57 bits per heavy atom. The molecule has 0 aromatic carbocycles. The van der Waals surface area contributed by atoms with Gasteiger partial charge in [0.2, 0.25) is 16.8 Å². The van der Waals surface area contributed by atoms with E-state index in [0.717, 1.165) is 11.3 Å². The van der Waals surface area contributed by atoms with E-state index in [-0.39, 0.29) is 42.4 Å². The molecule has 0 spiro atoms. The first kappa shape index (κ1) is 22.0. The molecule has 1 aliphatic heterocycles. The Morgan fingerprint density at radius 1 is 1.27 bits per heavy atom. The Bertz CT molecular complexity index is 997. The Kier molecular flexibility index (Phi) is 6.61. The van der Waals surface area contributed by atoms with Crippen LogP contribution < -0.4 is 5.32 Å². The van der Waals surface area contributed by atoms with Crippen LogP contribution in [0, 0.1) is 19.8 Å². The smallest absolute Gasteiger partial charge is 0.374 e. The highest BCUT2D eigenvalue weighted by Crippen LogP contribution is 2.25. The number of nitrogens with zero attached hydrogens (tertiary/aromatic N) is 2. The number of furan rings is 1. The average Bonchev–Trinajstić information content (AvgIpc) is 3.34. The van der Waals surface area contributed by atoms with Crippen molar-refractivity contribution < 1.29 is 31.7 Å². The van der Waals surface area contributed by atoms with E-state index < -0.39 is 16.0 Å². The average molecular weight is 439 g/mol. The molecule has 11 heteroatoms. The number of aryl methyl sites for hydroxylation is 2. The number of piperidine rings is 1. The zero-order valence-electron chi connectivity index (χ0n) is 17.1. The fourth-order valence-corrected chi connectivity index (χ4v) is 4.71. The lowest BCUT2D eigenvalue weighted by atomic mass is 9.97. The molecule has 3 heterocycles. The molecule has 3 rings (SSSR count). The Balaban J connectivity index is 1.56. The monoisotopic (exact) mass is 439 g/mol. The number of sulfonamides is 1. The molecule has 1 fully saturated rings. The molecule has 164 valence electrons. The van der Waals surface area contributed by atoms with Crippen molar-refractivity contribution in [3.63, 3.8) is 0 Å². The predicted molar refractivity (Wildman–Crippen MR) is 104 cm³/mol. The highest BCUT2D eigenvalue weighted by Gasteiger charge is 2.34. The standard InChI is InChI=1S/C19H25N3O7S/c1-4-27-19(24)16-5-6-17(28-16)30(25,26)22-9-7-14(8-10-22)18(23)20-11-15-12(2)21-29-13(15)3/h5-6,14H,4,7-11H2,1-3H3,(H,20,23). The minimum absolute atomic E-state index is 0.130. The van der Waals surface area contributed by atoms with Crippen LogP contribution >= 0.6 is 0 Å². The highest BCUT2D eigenvalue weighted by atomic mass is 32.2. The van der Waals surface area contributed by atoms with Crippen molar-refractivity contribution in [3.05, 3.63) is 34.9 Å². The SMILES string of the molecule is CCOC(=O)c1ccc(S(=O)(=O)N2CCC(C(=O)NCc3c(C)noc3C)CC2)o1. The summed E-state index contributed by atoms with van der Waals surface area (Å²) in [7, 11) is -3.89. The van der Waals surface area contributed by atoms with Gasteiger partial charge in [-0.25, -0.2) is 13.2 Å². The van der Waals surface area contributed by atoms with E-state index >= 15 is 0 Å². The van der Waals surface area contributed by atoms with Crippen molar-refractivity contribution in [3.8, 4) is 0 Å². The second-order valence-corrected chi connectivity index (χ2v) is 8.91. The maximum Gasteiger partial charge on any atom is 0.374 e. The molecule has 1 aliphatic rings. The normalized spacial score (nSPS) is 15.8. The summed E-state index contributed by atoms with van der Waals surface area (Å²) < 4.78 is 41.9. The van der Waals surface area contributed by atoms with Gasteiger partial charge in [0.25, 0.3) is 10.0 Å². The number of amides is 1. The lowest BCUT2D eigenvalue weighted by molar-refractivity contribution is -0.126. The predicted octanol–water partition coefficient (Wildman–Crippen LogP) is 1.78. The van der Waals surface area contributed by atoms with Gasteiger partial charge in [-0.15, -0.1) is 0 Å². The summed E-state index contributed by atoms with van der Waals surface area (Å²) in [4.78, 5) is 24.2. The first-order valence-electron chi connectivity index (χ1n) is 9.70. The van der Waals surface area contributed by atoms with Crippen molar-refractivity contribution in [2.75, 3.05) is 19.7 Å². The summed E-state index contributed by atoms with van der Waals surface area (Å²) in [6.45, 7) is 6.08. The summed E-state index contributed by atoms with van der Waals surface area (Å²) in [5, 5.41) is 6.42. The van der Waals surface area contributed by atoms with Gasteiger partial charge >= 0.3 is 5.97 Å². The Morgan fingerprint density at radius 2 is 1.97 bits per heavy atom. The van der Waals surface area contributed by atoms with Gasteiger partial charge in [-0.1, -0.05) is 5.16 Å². The molecule has 1 saturated heterocycles. The quantitative estimate of drug-likeness (QED) is 0.646. The fourth-order valence-electron chi connectivity index (χ4n) is 3.33. The topological polar surface area (TPSA) is 132 Å². The summed E-state index contributed by atoms with van der Waals surface area (Å²) in [6, 6.07) is 2.52. The van der Waals surface area contributed by atoms with Crippen molar-refractivity contribution in [1.29, 1.82) is 0 Å². The second-order valence-electron chi connectivity index (χ2n) is 7.04. The molecule has 0 aliphatic carbocycles. The number of aromatic nitrogens is 1. The van der Waals surface area contributed by atoms with Crippen LogP contribution in [-0.4, -0.2) is 49.5 Å². The number of ether oxygens (including phenoxy) is 1. The largest absolute Gasteiger partial charge is 0.460 e. The van der Waals surface area contributed by atoms with E-state index in [2.05, 4.69) is 10.5 Å². The molecular formula is C19H25N3O7S. The number of carbonyl (C=O) groups excluding carboxylic acids is 2. The zero-order chi connectivity index (χ0) is 21.9. The molecule has 1 N–H and O–H groups in total. The summed E-state index contributed by atoms with van der Waals surface area (Å²) in [6.07, 6.45) is 0.774. The maximum absolute atomic E-state index is 12.8. The van der Waals surface area contributed by atoms with Gasteiger partial charge in [-0.2, -0.15) is 4.31 Å². The summed E-state index contributed by atoms with van der Waals surface area (Å²) in [5.74, 6) is -0.635. The minimum Gasteiger partial charge on any atom is -0.460 e. The fraction of sp³-hybridized carbons (Fsp3) is 0.526. The van der Waals surface area contributed by atoms with E-state index in [9.17, 15) is 18.0 Å². The molecule has 1 amide bonds. The number of hydrogen-bond acceptors (Lipinski definition) is 8. The maximum atomic E-state index is 12.8. The molecule has 0 saturated carbocycles. The molecular weight excluding hydrogens is 414 g/mol. The van der Waals surface area contributed by atoms with Crippen LogP contribution in [0.3, 0.4) is 0 Å². The van der Waals surface area contributed by atoms with E-state index in [4.69, 9.17) is 13.7 Å². The number of carbonyl (C=O) groups is 2. The molecule has 0 atom stereocenters. The minimum atomic E-state index is -3.89. The first-order valence-corrected chi connectivity index (χ1v) is 11.1. The lowest BCUT2D eigenvalue weighted by Crippen LogP contribution is -2.42. The van der Waals surface area contributed by atoms with E-state index in [1.165, 1.54) is 16.4 Å². The van der Waals surface area contributed by atoms with Gasteiger partial charge in [0.1, 0.15) is 5.76 Å². The van der Waals surface area contributed by atoms with Gasteiger partial charge in [0.15, 0.2) is 0 Å². The first-order chi connectivity index (χ1) is 14.2. The molecule has 30 heavy (non-hydrogen) atoms. The summed E-state index contributed by atoms with van der Waals surface area (Å²) in [5.41, 5.74) is 1.58. The zero-order valence-corrected chi connectivity index (χ0v) is 18.0. The number of esters is 1. The van der Waals surface area contributed by atoms with Crippen LogP contribution in [0.2, 0.25) is 0 Å². The highest BCUT2D eigenvalue weighted by molar-refractivity contribution is 7.89. The van der Waals surface area contributed by atoms with Gasteiger partial charge in [-0.3, -0.25) is 4.79 Å². The lowest BCUT2D eigenvalue weighted by Gasteiger charge is -2.29. The van der Waals surface area contributed by atoms with Crippen LogP contribution in [-0.2, 0) is 26.1 Å². The molecule has 0 bridgehead atoms. The van der Waals surface area contributed by atoms with Gasteiger partial charge in [0.05, 0.1) is 12.3 Å². The van der Waals surface area contributed by atoms with Crippen LogP contribution in [0.1, 0.15) is 47.3 Å². The number of hydrogen-bond donors (Lipinski definition) is 1. The van der Waals surface area contributed by atoms with Gasteiger partial charge in [0, 0.05) is 31.1 Å². The van der Waals surface area contributed by atoms with E-state index in [0.29, 0.717) is 25.1 Å². The van der Waals surface area contributed by atoms with Crippen molar-refractivity contribution in [2.45, 2.75) is 45.2 Å². The summed E-state index contributed by atoms with van der Waals surface area (Å²) >= 11 is 0. The van der Waals surface area contributed by atoms with Crippen LogP contribution in [0.4, 0.5) is 0 Å². The van der Waals surface area contributed by atoms with Crippen molar-refractivity contribution >= 4 is 21.9 Å². The second kappa shape index (κ2) is 9.00. The van der Waals surface area contributed by atoms with Gasteiger partial charge < -0.3 is 19.0 Å². The van der Waals surface area contributed by atoms with Crippen LogP contribution in [0.15, 0.2) is 26.2 Å². The van der Waals surface area contributed by atoms with Crippen molar-refractivity contribution in [2.24, 2.45) is 5.92 Å². The van der Waals surface area contributed by atoms with Gasteiger partial charge in [-0.05, 0) is 45.7 Å². The van der Waals surface area contributed by atoms with Crippen LogP contribution in [0.25, 0.3) is 0 Å². The third-order valence-electron chi connectivity index (χ3n) is 5.10. The Hall–Kier alpha value is -2.66. The van der Waals surface area contributed by atoms with E-state index in [1.54, 1.807) is 13.8 Å². The number of nitrogens with one attached hydrogen (secondary N) is 1. The third-order valence-corrected chi connectivity index (χ3v) is 6.87. The molecule has 2 aromatic rings. The molecule has 2 aromatic heterocycles. The molecule has 0 unspecified atom stereocenters. The molecule has 10 nitrogen and oxygen atoms in total. The van der Waals surface area contributed by atoms with Crippen LogP contribution in [0.5, 0.6) is 0 Å². The number of rotatable bonds is 7.